The fourth-order valence-electron chi connectivity index (χ4n) is 1.90. The molecule has 2 aliphatic rings. The monoisotopic (exact) mass is 212 g/mol. The van der Waals surface area contributed by atoms with Crippen LogP contribution < -0.4 is 5.73 Å². The number of nitrogens with two attached hydrogens (primary N) is 1. The highest BCUT2D eigenvalue weighted by Crippen LogP contribution is 2.27. The Balaban J connectivity index is 0.000000605. The van der Waals surface area contributed by atoms with Gasteiger partial charge in [-0.1, -0.05) is 6.42 Å². The maximum atomic E-state index is 5.80. The minimum absolute atomic E-state index is 0. The quantitative estimate of drug-likeness (QED) is 0.713. The molecule has 1 heterocycles. The molecule has 1 saturated carbocycles. The molecule has 0 aromatic heterocycles. The van der Waals surface area contributed by atoms with E-state index in [2.05, 4.69) is 4.90 Å². The van der Waals surface area contributed by atoms with E-state index in [-0.39, 0.29) is 24.8 Å². The lowest BCUT2D eigenvalue weighted by molar-refractivity contribution is 0.157. The van der Waals surface area contributed by atoms with E-state index in [1.165, 1.54) is 32.2 Å². The van der Waals surface area contributed by atoms with Gasteiger partial charge in [-0.05, 0) is 19.3 Å². The zero-order valence-corrected chi connectivity index (χ0v) is 8.87. The van der Waals surface area contributed by atoms with Crippen LogP contribution in [0.25, 0.3) is 0 Å². The van der Waals surface area contributed by atoms with Crippen LogP contribution in [0.4, 0.5) is 0 Å². The summed E-state index contributed by atoms with van der Waals surface area (Å²) >= 11 is 0. The normalized spacial score (nSPS) is 30.2. The van der Waals surface area contributed by atoms with Gasteiger partial charge in [-0.15, -0.1) is 24.8 Å². The van der Waals surface area contributed by atoms with Crippen LogP contribution in [0.1, 0.15) is 25.7 Å². The van der Waals surface area contributed by atoms with Crippen LogP contribution in [0.15, 0.2) is 0 Å². The van der Waals surface area contributed by atoms with Gasteiger partial charge in [0.1, 0.15) is 0 Å². The Morgan fingerprint density at radius 3 is 2.08 bits per heavy atom. The minimum Gasteiger partial charge on any atom is -0.326 e. The Labute approximate surface area is 86.7 Å². The van der Waals surface area contributed by atoms with Gasteiger partial charge in [0.25, 0.3) is 0 Å². The van der Waals surface area contributed by atoms with Crippen LogP contribution >= 0.6 is 24.8 Å². The number of likely N-dealkylation sites (tertiary alicyclic amines) is 1. The Morgan fingerprint density at radius 2 is 1.75 bits per heavy atom. The van der Waals surface area contributed by atoms with Crippen LogP contribution in [0.5, 0.6) is 0 Å². The molecule has 1 aliphatic carbocycles. The molecule has 74 valence electrons. The Hall–Kier alpha value is 0.500. The summed E-state index contributed by atoms with van der Waals surface area (Å²) in [6, 6.07) is 1.38. The molecule has 1 unspecified atom stereocenters. The fourth-order valence-corrected chi connectivity index (χ4v) is 1.90. The molecule has 1 saturated heterocycles. The first-order chi connectivity index (χ1) is 4.86. The molecule has 2 N–H and O–H groups in total. The van der Waals surface area contributed by atoms with Crippen molar-refractivity contribution in [3.63, 3.8) is 0 Å². The molecule has 0 aromatic carbocycles. The van der Waals surface area contributed by atoms with E-state index >= 15 is 0 Å². The van der Waals surface area contributed by atoms with Crippen LogP contribution in [-0.2, 0) is 0 Å². The van der Waals surface area contributed by atoms with E-state index in [9.17, 15) is 0 Å². The molecular weight excluding hydrogens is 195 g/mol. The third kappa shape index (κ3) is 2.49. The molecule has 12 heavy (non-hydrogen) atoms. The summed E-state index contributed by atoms with van der Waals surface area (Å²) in [5, 5.41) is 0. The SMILES string of the molecule is Cl.Cl.NC1CCN(C2CCC2)C1. The number of rotatable bonds is 1. The van der Waals surface area contributed by atoms with Gasteiger partial charge >= 0.3 is 0 Å². The molecule has 0 bridgehead atoms. The highest BCUT2D eigenvalue weighted by atomic mass is 35.5. The molecule has 4 heteroatoms. The van der Waals surface area contributed by atoms with Gasteiger partial charge in [0.05, 0.1) is 0 Å². The van der Waals surface area contributed by atoms with E-state index in [4.69, 9.17) is 5.73 Å². The van der Waals surface area contributed by atoms with Crippen molar-refractivity contribution in [2.75, 3.05) is 13.1 Å². The highest BCUT2D eigenvalue weighted by molar-refractivity contribution is 5.85. The smallest absolute Gasteiger partial charge is 0.0180 e. The summed E-state index contributed by atoms with van der Waals surface area (Å²) in [4.78, 5) is 2.56. The molecule has 2 rings (SSSR count). The third-order valence-corrected chi connectivity index (χ3v) is 2.85. The number of hydrogen-bond acceptors (Lipinski definition) is 2. The molecular formula is C8H18Cl2N2. The Kier molecular flexibility index (Phi) is 5.50. The zero-order chi connectivity index (χ0) is 6.97. The van der Waals surface area contributed by atoms with Crippen LogP contribution in [0, 0.1) is 0 Å². The number of nitrogens with zero attached hydrogens (tertiary/aromatic N) is 1. The van der Waals surface area contributed by atoms with Crippen LogP contribution in [0.3, 0.4) is 0 Å². The molecule has 0 amide bonds. The lowest BCUT2D eigenvalue weighted by atomic mass is 9.92. The van der Waals surface area contributed by atoms with Crippen molar-refractivity contribution in [3.05, 3.63) is 0 Å². The van der Waals surface area contributed by atoms with Gasteiger partial charge in [0.15, 0.2) is 0 Å². The van der Waals surface area contributed by atoms with Crippen molar-refractivity contribution >= 4 is 24.8 Å². The van der Waals surface area contributed by atoms with E-state index in [0.29, 0.717) is 6.04 Å². The van der Waals surface area contributed by atoms with Gasteiger partial charge in [0, 0.05) is 25.2 Å². The molecule has 0 spiro atoms. The topological polar surface area (TPSA) is 29.3 Å². The van der Waals surface area contributed by atoms with Gasteiger partial charge in [-0.25, -0.2) is 0 Å². The van der Waals surface area contributed by atoms with Gasteiger partial charge in [-0.3, -0.25) is 4.90 Å². The molecule has 1 aliphatic heterocycles. The van der Waals surface area contributed by atoms with Gasteiger partial charge < -0.3 is 5.73 Å². The minimum atomic E-state index is 0. The number of hydrogen-bond donors (Lipinski definition) is 1. The maximum absolute atomic E-state index is 5.80. The van der Waals surface area contributed by atoms with Crippen LogP contribution in [0.2, 0.25) is 0 Å². The van der Waals surface area contributed by atoms with Crippen molar-refractivity contribution in [2.24, 2.45) is 5.73 Å². The Bertz CT molecular complexity index is 128. The first-order valence-electron chi connectivity index (χ1n) is 4.36. The second-order valence-electron chi connectivity index (χ2n) is 3.63. The first kappa shape index (κ1) is 12.5. The lowest BCUT2D eigenvalue weighted by Crippen LogP contribution is -2.39. The lowest BCUT2D eigenvalue weighted by Gasteiger charge is -2.34. The largest absolute Gasteiger partial charge is 0.326 e. The molecule has 0 aromatic rings. The van der Waals surface area contributed by atoms with E-state index in [1.54, 1.807) is 0 Å². The standard InChI is InChI=1S/C8H16N2.2ClH/c9-7-4-5-10(6-7)8-2-1-3-8;;/h7-8H,1-6,9H2;2*1H. The summed E-state index contributed by atoms with van der Waals surface area (Å²) in [6.07, 6.45) is 5.51. The van der Waals surface area contributed by atoms with E-state index < -0.39 is 0 Å². The molecule has 2 fully saturated rings. The maximum Gasteiger partial charge on any atom is 0.0180 e. The molecule has 1 atom stereocenters. The van der Waals surface area contributed by atoms with Crippen molar-refractivity contribution in [1.29, 1.82) is 0 Å². The zero-order valence-electron chi connectivity index (χ0n) is 7.24. The van der Waals surface area contributed by atoms with E-state index in [0.717, 1.165) is 12.6 Å². The fraction of sp³-hybridized carbons (Fsp3) is 1.00. The van der Waals surface area contributed by atoms with Crippen molar-refractivity contribution < 1.29 is 0 Å². The highest BCUT2D eigenvalue weighted by Gasteiger charge is 2.29. The third-order valence-electron chi connectivity index (χ3n) is 2.85. The van der Waals surface area contributed by atoms with Gasteiger partial charge in [-0.2, -0.15) is 0 Å². The summed E-state index contributed by atoms with van der Waals surface area (Å²) in [5.74, 6) is 0. The van der Waals surface area contributed by atoms with Crippen molar-refractivity contribution in [3.8, 4) is 0 Å². The molecule has 2 nitrogen and oxygen atoms in total. The predicted octanol–water partition coefficient (Wildman–Crippen LogP) is 1.42. The first-order valence-corrected chi connectivity index (χ1v) is 4.36. The summed E-state index contributed by atoms with van der Waals surface area (Å²) in [5.41, 5.74) is 5.80. The van der Waals surface area contributed by atoms with Crippen LogP contribution in [-0.4, -0.2) is 30.1 Å². The second kappa shape index (κ2) is 5.28. The predicted molar refractivity (Wildman–Crippen MR) is 56.3 cm³/mol. The molecule has 0 radical (unpaired) electrons. The second-order valence-corrected chi connectivity index (χ2v) is 3.63. The summed E-state index contributed by atoms with van der Waals surface area (Å²) < 4.78 is 0. The van der Waals surface area contributed by atoms with Crippen molar-refractivity contribution in [2.45, 2.75) is 37.8 Å². The Morgan fingerprint density at radius 1 is 1.08 bits per heavy atom. The van der Waals surface area contributed by atoms with Gasteiger partial charge in [0.2, 0.25) is 0 Å². The van der Waals surface area contributed by atoms with E-state index in [1.807, 2.05) is 0 Å². The van der Waals surface area contributed by atoms with Crippen molar-refractivity contribution in [1.82, 2.24) is 4.90 Å². The summed E-state index contributed by atoms with van der Waals surface area (Å²) in [7, 11) is 0. The summed E-state index contributed by atoms with van der Waals surface area (Å²) in [6.45, 7) is 2.41. The number of halogens is 2. The average Bonchev–Trinajstić information content (AvgIpc) is 2.10. The average molecular weight is 213 g/mol.